The summed E-state index contributed by atoms with van der Waals surface area (Å²) in [6, 6.07) is 5.68. The van der Waals surface area contributed by atoms with Crippen molar-refractivity contribution in [2.45, 2.75) is 12.6 Å². The molecule has 162 valence electrons. The molecule has 0 aromatic heterocycles. The van der Waals surface area contributed by atoms with E-state index in [2.05, 4.69) is 4.74 Å². The Morgan fingerprint density at radius 2 is 1.83 bits per heavy atom. The normalized spacial score (nSPS) is 10.7. The van der Waals surface area contributed by atoms with Gasteiger partial charge in [0.25, 0.3) is 5.69 Å². The van der Waals surface area contributed by atoms with Gasteiger partial charge < -0.3 is 20.7 Å². The van der Waals surface area contributed by atoms with Crippen LogP contribution in [0.5, 0.6) is 11.5 Å². The Hall–Kier alpha value is -3.38. The van der Waals surface area contributed by atoms with Crippen molar-refractivity contribution in [3.8, 4) is 11.5 Å². The van der Waals surface area contributed by atoms with Crippen molar-refractivity contribution in [3.05, 3.63) is 62.7 Å². The Morgan fingerprint density at radius 3 is 2.37 bits per heavy atom. The second kappa shape index (κ2) is 9.89. The number of ether oxygens (including phenoxy) is 2. The minimum Gasteiger partial charge on any atom is -0.479 e. The van der Waals surface area contributed by atoms with Crippen molar-refractivity contribution in [3.63, 3.8) is 0 Å². The van der Waals surface area contributed by atoms with Crippen LogP contribution in [0.4, 0.5) is 18.9 Å². The van der Waals surface area contributed by atoms with Crippen molar-refractivity contribution in [2.24, 2.45) is 0 Å². The minimum absolute atomic E-state index is 0. The first-order chi connectivity index (χ1) is 13.5. The average Bonchev–Trinajstić information content (AvgIpc) is 2.60. The van der Waals surface area contributed by atoms with Crippen LogP contribution in [0, 0.1) is 10.1 Å². The van der Waals surface area contributed by atoms with Gasteiger partial charge in [-0.25, -0.2) is 4.79 Å². The number of hydrogen-bond donors (Lipinski definition) is 2. The molecular weight excluding hydrogens is 437 g/mol. The van der Waals surface area contributed by atoms with Gasteiger partial charge in [-0.05, 0) is 30.3 Å². The minimum atomic E-state index is -4.60. The van der Waals surface area contributed by atoms with Gasteiger partial charge in [0.1, 0.15) is 11.5 Å². The van der Waals surface area contributed by atoms with Crippen LogP contribution in [0.15, 0.2) is 36.4 Å². The summed E-state index contributed by atoms with van der Waals surface area (Å²) in [5, 5.41) is 19.3. The molecule has 30 heavy (non-hydrogen) atoms. The molecule has 0 bridgehead atoms. The summed E-state index contributed by atoms with van der Waals surface area (Å²) in [6.07, 6.45) is -5.22. The zero-order chi connectivity index (χ0) is 21.8. The predicted molar refractivity (Wildman–Crippen MR) is 96.9 cm³/mol. The molecule has 0 saturated carbocycles. The van der Waals surface area contributed by atoms with Gasteiger partial charge in [-0.15, -0.1) is 0 Å². The van der Waals surface area contributed by atoms with Crippen molar-refractivity contribution in [1.82, 2.24) is 6.15 Å². The first-order valence-corrected chi connectivity index (χ1v) is 8.04. The molecule has 4 N–H and O–H groups in total. The summed E-state index contributed by atoms with van der Waals surface area (Å²) < 4.78 is 47.9. The van der Waals surface area contributed by atoms with Crippen LogP contribution in [0.3, 0.4) is 0 Å². The largest absolute Gasteiger partial charge is 0.479 e. The Labute approximate surface area is 171 Å². The van der Waals surface area contributed by atoms with Crippen molar-refractivity contribution in [2.75, 3.05) is 6.61 Å². The third kappa shape index (κ3) is 6.60. The van der Waals surface area contributed by atoms with Crippen LogP contribution < -0.4 is 10.9 Å². The fraction of sp³-hybridized carbons (Fsp3) is 0.176. The fourth-order valence-corrected chi connectivity index (χ4v) is 2.40. The topological polar surface area (TPSA) is 151 Å². The van der Waals surface area contributed by atoms with E-state index in [-0.39, 0.29) is 28.2 Å². The van der Waals surface area contributed by atoms with Gasteiger partial charge in [0.15, 0.2) is 6.61 Å². The molecule has 0 amide bonds. The summed E-state index contributed by atoms with van der Waals surface area (Å²) in [7, 11) is 0. The molecule has 0 aliphatic rings. The summed E-state index contributed by atoms with van der Waals surface area (Å²) >= 11 is 5.80. The van der Waals surface area contributed by atoms with Crippen LogP contribution in [0.1, 0.15) is 11.1 Å². The molecule has 2 aromatic rings. The molecule has 0 spiro atoms. The first-order valence-electron chi connectivity index (χ1n) is 7.66. The lowest BCUT2D eigenvalue weighted by Crippen LogP contribution is -2.15. The molecule has 0 aliphatic carbocycles. The first kappa shape index (κ1) is 24.7. The van der Waals surface area contributed by atoms with Crippen molar-refractivity contribution < 1.29 is 42.3 Å². The Kier molecular flexibility index (Phi) is 8.13. The molecule has 0 atom stereocenters. The molecule has 0 aliphatic heterocycles. The van der Waals surface area contributed by atoms with Crippen LogP contribution in [-0.2, 0) is 26.9 Å². The molecule has 0 saturated heterocycles. The number of carbonyl (C=O) groups is 2. The fourth-order valence-electron chi connectivity index (χ4n) is 2.18. The lowest BCUT2D eigenvalue weighted by molar-refractivity contribution is -0.385. The quantitative estimate of drug-likeness (QED) is 0.358. The zero-order valence-electron chi connectivity index (χ0n) is 14.9. The second-order valence-corrected chi connectivity index (χ2v) is 5.93. The van der Waals surface area contributed by atoms with Crippen LogP contribution in [0.25, 0.3) is 0 Å². The summed E-state index contributed by atoms with van der Waals surface area (Å²) in [5.74, 6) is -2.62. The van der Waals surface area contributed by atoms with E-state index in [1.807, 2.05) is 0 Å². The third-order valence-corrected chi connectivity index (χ3v) is 3.72. The number of hydrogen-bond acceptors (Lipinski definition) is 7. The molecule has 0 fully saturated rings. The Balaban J connectivity index is 0.00000450. The monoisotopic (exact) mass is 450 g/mol. The molecular formula is C17H14ClF3N2O7. The maximum atomic E-state index is 12.7. The molecule has 2 aromatic carbocycles. The second-order valence-electron chi connectivity index (χ2n) is 5.52. The van der Waals surface area contributed by atoms with Crippen molar-refractivity contribution >= 4 is 29.2 Å². The van der Waals surface area contributed by atoms with Gasteiger partial charge in [-0.3, -0.25) is 14.9 Å². The molecule has 2 rings (SSSR count). The van der Waals surface area contributed by atoms with Crippen molar-refractivity contribution in [1.29, 1.82) is 0 Å². The highest BCUT2D eigenvalue weighted by Gasteiger charge is 2.31. The standard InChI is InChI=1S/C17H11ClF3NO7.H3N/c18-12-7-10(17(19,20)21)1-4-14(12)29-11-2-3-13(22(26)27)9(5-11)6-16(25)28-8-15(23)24;/h1-5,7H,6,8H2,(H,23,24);1H3. The third-order valence-electron chi connectivity index (χ3n) is 3.43. The van der Waals surface area contributed by atoms with E-state index in [4.69, 9.17) is 21.4 Å². The molecule has 0 unspecified atom stereocenters. The van der Waals surface area contributed by atoms with E-state index < -0.39 is 47.3 Å². The van der Waals surface area contributed by atoms with E-state index in [0.29, 0.717) is 6.07 Å². The summed E-state index contributed by atoms with van der Waals surface area (Å²) in [4.78, 5) is 32.4. The highest BCUT2D eigenvalue weighted by atomic mass is 35.5. The lowest BCUT2D eigenvalue weighted by atomic mass is 10.1. The number of carbonyl (C=O) groups excluding carboxylic acids is 1. The Bertz CT molecular complexity index is 967. The average molecular weight is 451 g/mol. The Morgan fingerprint density at radius 1 is 1.17 bits per heavy atom. The van der Waals surface area contributed by atoms with Gasteiger partial charge in [0.2, 0.25) is 0 Å². The van der Waals surface area contributed by atoms with Gasteiger partial charge in [0.05, 0.1) is 21.9 Å². The van der Waals surface area contributed by atoms with Crippen LogP contribution >= 0.6 is 11.6 Å². The maximum absolute atomic E-state index is 12.7. The molecule has 0 heterocycles. The highest BCUT2D eigenvalue weighted by molar-refractivity contribution is 6.32. The van der Waals surface area contributed by atoms with Gasteiger partial charge in [-0.2, -0.15) is 13.2 Å². The number of alkyl halides is 3. The number of esters is 1. The number of benzene rings is 2. The van der Waals surface area contributed by atoms with Gasteiger partial charge >= 0.3 is 18.1 Å². The number of nitrogens with zero attached hydrogens (tertiary/aromatic N) is 1. The zero-order valence-corrected chi connectivity index (χ0v) is 15.7. The van der Waals surface area contributed by atoms with Crippen LogP contribution in [0.2, 0.25) is 5.02 Å². The number of nitro benzene ring substituents is 1. The number of aliphatic carboxylic acids is 1. The van der Waals surface area contributed by atoms with E-state index in [9.17, 15) is 32.9 Å². The number of nitro groups is 1. The van der Waals surface area contributed by atoms with E-state index in [0.717, 1.165) is 30.3 Å². The lowest BCUT2D eigenvalue weighted by Gasteiger charge is -2.12. The maximum Gasteiger partial charge on any atom is 0.416 e. The molecule has 9 nitrogen and oxygen atoms in total. The van der Waals surface area contributed by atoms with E-state index in [1.165, 1.54) is 0 Å². The number of rotatable bonds is 7. The number of carboxylic acids is 1. The molecule has 13 heteroatoms. The smallest absolute Gasteiger partial charge is 0.416 e. The van der Waals surface area contributed by atoms with Crippen LogP contribution in [-0.4, -0.2) is 28.6 Å². The van der Waals surface area contributed by atoms with Gasteiger partial charge in [-0.1, -0.05) is 11.6 Å². The van der Waals surface area contributed by atoms with E-state index in [1.54, 1.807) is 0 Å². The molecule has 0 radical (unpaired) electrons. The summed E-state index contributed by atoms with van der Waals surface area (Å²) in [5.41, 5.74) is -1.59. The van der Waals surface area contributed by atoms with Gasteiger partial charge in [0, 0.05) is 11.6 Å². The number of carboxylic acid groups (broad SMARTS) is 1. The summed E-state index contributed by atoms with van der Waals surface area (Å²) in [6.45, 7) is -0.913. The van der Waals surface area contributed by atoms with E-state index >= 15 is 0 Å². The SMILES string of the molecule is N.O=C(O)COC(=O)Cc1cc(Oc2ccc(C(F)(F)F)cc2Cl)ccc1[N+](=O)[O-]. The number of halogens is 4. The predicted octanol–water partition coefficient (Wildman–Crippen LogP) is 4.39. The highest BCUT2D eigenvalue weighted by Crippen LogP contribution is 2.37.